The predicted molar refractivity (Wildman–Crippen MR) is 154 cm³/mol. The molecular formula is C32H46N2O7. The molecule has 3 aliphatic rings. The number of nitrogens with zero attached hydrogens (tertiary/aromatic N) is 2. The third-order valence-electron chi connectivity index (χ3n) is 9.16. The standard InChI is InChI=1S/C32H46N2O7/c1-2-3-5-8-22(9-6-4-7-17-35)27(36)21-33-20-25(23-10-11-28-24(19-23)15-18-41-28)31(32(39)40)26(33)14-16-34-29(37)12-13-30(34)38/h10-11,19,22,25-26,31,35H,2-9,12-18,20-21H2,1H3,(H,39,40)/t22?,25-,26+,31-/m1/s1. The van der Waals surface area contributed by atoms with Crippen molar-refractivity contribution in [3.63, 3.8) is 0 Å². The van der Waals surface area contributed by atoms with Gasteiger partial charge in [0.2, 0.25) is 11.8 Å². The summed E-state index contributed by atoms with van der Waals surface area (Å²) in [6, 6.07) is 5.43. The smallest absolute Gasteiger partial charge is 0.308 e. The van der Waals surface area contributed by atoms with Crippen molar-refractivity contribution in [2.24, 2.45) is 11.8 Å². The van der Waals surface area contributed by atoms with Crippen molar-refractivity contribution < 1.29 is 34.1 Å². The van der Waals surface area contributed by atoms with Gasteiger partial charge in [-0.15, -0.1) is 0 Å². The van der Waals surface area contributed by atoms with Crippen LogP contribution in [0.4, 0.5) is 0 Å². The van der Waals surface area contributed by atoms with Crippen molar-refractivity contribution in [1.29, 1.82) is 0 Å². The number of ketones is 1. The Kier molecular flexibility index (Phi) is 11.3. The summed E-state index contributed by atoms with van der Waals surface area (Å²) < 4.78 is 5.66. The Morgan fingerprint density at radius 1 is 1.02 bits per heavy atom. The van der Waals surface area contributed by atoms with Gasteiger partial charge in [-0.2, -0.15) is 0 Å². The maximum Gasteiger partial charge on any atom is 0.308 e. The van der Waals surface area contributed by atoms with Crippen LogP contribution in [0.3, 0.4) is 0 Å². The molecule has 0 aromatic heterocycles. The number of aliphatic hydroxyl groups excluding tert-OH is 1. The second-order valence-electron chi connectivity index (χ2n) is 11.9. The van der Waals surface area contributed by atoms with Crippen LogP contribution < -0.4 is 4.74 Å². The molecule has 1 unspecified atom stereocenters. The lowest BCUT2D eigenvalue weighted by molar-refractivity contribution is -0.143. The zero-order chi connectivity index (χ0) is 29.4. The first-order chi connectivity index (χ1) is 19.8. The number of carbonyl (C=O) groups is 4. The van der Waals surface area contributed by atoms with Crippen molar-refractivity contribution in [3.8, 4) is 5.75 Å². The van der Waals surface area contributed by atoms with Gasteiger partial charge in [0.05, 0.1) is 19.1 Å². The summed E-state index contributed by atoms with van der Waals surface area (Å²) in [6.07, 6.45) is 8.69. The fraction of sp³-hybridized carbons (Fsp3) is 0.688. The molecule has 9 nitrogen and oxygen atoms in total. The third-order valence-corrected chi connectivity index (χ3v) is 9.16. The highest BCUT2D eigenvalue weighted by Crippen LogP contribution is 2.41. The molecule has 0 aliphatic carbocycles. The molecule has 226 valence electrons. The van der Waals surface area contributed by atoms with E-state index in [-0.39, 0.29) is 62.0 Å². The Labute approximate surface area is 243 Å². The maximum atomic E-state index is 13.8. The van der Waals surface area contributed by atoms with Gasteiger partial charge in [-0.25, -0.2) is 0 Å². The van der Waals surface area contributed by atoms with Gasteiger partial charge in [0.15, 0.2) is 0 Å². The number of rotatable bonds is 17. The third kappa shape index (κ3) is 7.74. The lowest BCUT2D eigenvalue weighted by Gasteiger charge is -2.29. The molecule has 9 heteroatoms. The van der Waals surface area contributed by atoms with E-state index in [2.05, 4.69) is 6.92 Å². The van der Waals surface area contributed by atoms with Crippen LogP contribution in [0.5, 0.6) is 5.75 Å². The monoisotopic (exact) mass is 570 g/mol. The first-order valence-electron chi connectivity index (χ1n) is 15.5. The minimum atomic E-state index is -0.922. The van der Waals surface area contributed by atoms with E-state index in [9.17, 15) is 24.3 Å². The number of aliphatic hydroxyl groups is 1. The quantitative estimate of drug-likeness (QED) is 0.213. The number of amides is 2. The van der Waals surface area contributed by atoms with Crippen LogP contribution in [-0.2, 0) is 25.6 Å². The zero-order valence-corrected chi connectivity index (χ0v) is 24.4. The average molecular weight is 571 g/mol. The van der Waals surface area contributed by atoms with Crippen LogP contribution in [0.25, 0.3) is 0 Å². The van der Waals surface area contributed by atoms with Gasteiger partial charge < -0.3 is 14.9 Å². The van der Waals surface area contributed by atoms with Crippen LogP contribution in [0, 0.1) is 11.8 Å². The topological polar surface area (TPSA) is 124 Å². The Morgan fingerprint density at radius 2 is 1.76 bits per heavy atom. The van der Waals surface area contributed by atoms with Gasteiger partial charge in [-0.05, 0) is 42.9 Å². The number of Topliss-reactive ketones (excluding diaryl/α,β-unsaturated/α-hetero) is 1. The molecule has 2 fully saturated rings. The molecule has 2 saturated heterocycles. The minimum absolute atomic E-state index is 0.0953. The van der Waals surface area contributed by atoms with Gasteiger partial charge in [0, 0.05) is 56.8 Å². The number of ether oxygens (including phenoxy) is 1. The van der Waals surface area contributed by atoms with Gasteiger partial charge in [0.1, 0.15) is 11.5 Å². The summed E-state index contributed by atoms with van der Waals surface area (Å²) in [5.41, 5.74) is 2.00. The van der Waals surface area contributed by atoms with Gasteiger partial charge in [-0.3, -0.25) is 29.0 Å². The summed E-state index contributed by atoms with van der Waals surface area (Å²) in [5.74, 6) is -1.55. The number of carboxylic acids is 1. The summed E-state index contributed by atoms with van der Waals surface area (Å²) in [6.45, 7) is 3.67. The number of likely N-dealkylation sites (tertiary alicyclic amines) is 2. The van der Waals surface area contributed by atoms with E-state index in [4.69, 9.17) is 9.84 Å². The molecule has 1 aromatic carbocycles. The molecule has 3 aliphatic heterocycles. The number of benzene rings is 1. The van der Waals surface area contributed by atoms with Gasteiger partial charge >= 0.3 is 5.97 Å². The van der Waals surface area contributed by atoms with Crippen molar-refractivity contribution in [2.45, 2.75) is 95.9 Å². The molecule has 2 amide bonds. The van der Waals surface area contributed by atoms with Gasteiger partial charge in [0.25, 0.3) is 0 Å². The normalized spacial score (nSPS) is 23.2. The first kappa shape index (κ1) is 31.2. The molecule has 0 saturated carbocycles. The van der Waals surface area contributed by atoms with Crippen molar-refractivity contribution in [3.05, 3.63) is 29.3 Å². The number of carboxylic acid groups (broad SMARTS) is 1. The fourth-order valence-electron chi connectivity index (χ4n) is 6.88. The summed E-state index contributed by atoms with van der Waals surface area (Å²) in [5, 5.41) is 19.6. The van der Waals surface area contributed by atoms with Crippen LogP contribution in [0.15, 0.2) is 18.2 Å². The van der Waals surface area contributed by atoms with E-state index < -0.39 is 17.9 Å². The molecule has 0 radical (unpaired) electrons. The number of imide groups is 1. The first-order valence-corrected chi connectivity index (χ1v) is 15.5. The average Bonchev–Trinajstić information content (AvgIpc) is 3.65. The number of fused-ring (bicyclic) bond motifs is 1. The lowest BCUT2D eigenvalue weighted by atomic mass is 9.83. The van der Waals surface area contributed by atoms with E-state index in [1.165, 1.54) is 4.90 Å². The van der Waals surface area contributed by atoms with Crippen LogP contribution in [0.1, 0.15) is 94.6 Å². The fourth-order valence-corrected chi connectivity index (χ4v) is 6.88. The summed E-state index contributed by atoms with van der Waals surface area (Å²) >= 11 is 0. The molecule has 0 bridgehead atoms. The SMILES string of the molecule is CCCCCC(CCCCCO)C(=O)CN1C[C@H](c2ccc3c(c2)CCO3)[C@@H](C(=O)O)[C@@H]1CCN1C(=O)CCC1=O. The van der Waals surface area contributed by atoms with E-state index in [0.29, 0.717) is 19.6 Å². The number of unbranched alkanes of at least 4 members (excludes halogenated alkanes) is 4. The van der Waals surface area contributed by atoms with Gasteiger partial charge in [-0.1, -0.05) is 51.2 Å². The Morgan fingerprint density at radius 3 is 2.44 bits per heavy atom. The number of hydrogen-bond acceptors (Lipinski definition) is 7. The van der Waals surface area contributed by atoms with Crippen LogP contribution in [0.2, 0.25) is 0 Å². The molecule has 41 heavy (non-hydrogen) atoms. The van der Waals surface area contributed by atoms with Crippen molar-refractivity contribution in [1.82, 2.24) is 9.80 Å². The maximum absolute atomic E-state index is 13.8. The molecular weight excluding hydrogens is 524 g/mol. The van der Waals surface area contributed by atoms with Crippen LogP contribution in [-0.4, -0.2) is 82.5 Å². The van der Waals surface area contributed by atoms with E-state index >= 15 is 0 Å². The largest absolute Gasteiger partial charge is 0.493 e. The molecule has 4 atom stereocenters. The zero-order valence-electron chi connectivity index (χ0n) is 24.4. The molecule has 0 spiro atoms. The second kappa shape index (κ2) is 14.9. The van der Waals surface area contributed by atoms with E-state index in [1.807, 2.05) is 23.1 Å². The van der Waals surface area contributed by atoms with Crippen LogP contribution >= 0.6 is 0 Å². The summed E-state index contributed by atoms with van der Waals surface area (Å²) in [4.78, 5) is 54.5. The molecule has 4 rings (SSSR count). The highest BCUT2D eigenvalue weighted by Gasteiger charge is 2.47. The summed E-state index contributed by atoms with van der Waals surface area (Å²) in [7, 11) is 0. The van der Waals surface area contributed by atoms with E-state index in [1.54, 1.807) is 0 Å². The molecule has 3 heterocycles. The highest BCUT2D eigenvalue weighted by atomic mass is 16.5. The Bertz CT molecular complexity index is 1070. The van der Waals surface area contributed by atoms with Crippen molar-refractivity contribution in [2.75, 3.05) is 32.8 Å². The number of aliphatic carboxylic acids is 1. The Hall–Kier alpha value is -2.78. The van der Waals surface area contributed by atoms with E-state index in [0.717, 1.165) is 74.7 Å². The highest BCUT2D eigenvalue weighted by molar-refractivity contribution is 6.01. The predicted octanol–water partition coefficient (Wildman–Crippen LogP) is 3.95. The number of carbonyl (C=O) groups excluding carboxylic acids is 3. The molecule has 2 N–H and O–H groups in total. The number of hydrogen-bond donors (Lipinski definition) is 2. The second-order valence-corrected chi connectivity index (χ2v) is 11.9. The molecule has 1 aromatic rings. The lowest BCUT2D eigenvalue weighted by Crippen LogP contribution is -2.43. The van der Waals surface area contributed by atoms with Crippen molar-refractivity contribution >= 4 is 23.6 Å². The minimum Gasteiger partial charge on any atom is -0.493 e. The Balaban J connectivity index is 1.55.